The lowest BCUT2D eigenvalue weighted by atomic mass is 9.81. The van der Waals surface area contributed by atoms with Crippen molar-refractivity contribution in [1.29, 1.82) is 0 Å². The molecule has 0 unspecified atom stereocenters. The van der Waals surface area contributed by atoms with Gasteiger partial charge in [0.25, 0.3) is 0 Å². The van der Waals surface area contributed by atoms with E-state index < -0.39 is 0 Å². The first-order valence-electron chi connectivity index (χ1n) is 9.98. The molecule has 146 valence electrons. The third-order valence-corrected chi connectivity index (χ3v) is 6.36. The summed E-state index contributed by atoms with van der Waals surface area (Å²) in [6, 6.07) is 6.07. The number of benzene rings is 1. The highest BCUT2D eigenvalue weighted by molar-refractivity contribution is 6.30. The monoisotopic (exact) mass is 397 g/mol. The second-order valence-electron chi connectivity index (χ2n) is 7.93. The lowest BCUT2D eigenvalue weighted by molar-refractivity contribution is 0.326. The van der Waals surface area contributed by atoms with Gasteiger partial charge in [-0.3, -0.25) is 4.57 Å². The maximum Gasteiger partial charge on any atom is 0.197 e. The Hall–Kier alpha value is -2.18. The Kier molecular flexibility index (Phi) is 4.48. The average molecular weight is 398 g/mol. The molecule has 2 aliphatic rings. The Morgan fingerprint density at radius 3 is 2.61 bits per heavy atom. The molecule has 1 N–H and O–H groups in total. The number of aromatic nitrogens is 4. The van der Waals surface area contributed by atoms with Gasteiger partial charge in [-0.1, -0.05) is 11.6 Å². The molecule has 0 amide bonds. The molecule has 1 aliphatic heterocycles. The van der Waals surface area contributed by atoms with Crippen LogP contribution in [0.15, 0.2) is 22.6 Å². The van der Waals surface area contributed by atoms with Crippen molar-refractivity contribution in [3.05, 3.63) is 57.8 Å². The summed E-state index contributed by atoms with van der Waals surface area (Å²) in [5.74, 6) is 4.68. The van der Waals surface area contributed by atoms with E-state index in [0.717, 1.165) is 71.9 Å². The summed E-state index contributed by atoms with van der Waals surface area (Å²) >= 11 is 6.22. The third-order valence-electron chi connectivity index (χ3n) is 6.12. The molecular weight excluding hydrogens is 374 g/mol. The van der Waals surface area contributed by atoms with Crippen molar-refractivity contribution in [2.24, 2.45) is 0 Å². The van der Waals surface area contributed by atoms with Gasteiger partial charge >= 0.3 is 0 Å². The lowest BCUT2D eigenvalue weighted by Gasteiger charge is -2.26. The van der Waals surface area contributed by atoms with Crippen molar-refractivity contribution < 1.29 is 4.42 Å². The minimum Gasteiger partial charge on any atom is -0.445 e. The molecule has 3 aromatic rings. The highest BCUT2D eigenvalue weighted by Crippen LogP contribution is 2.41. The van der Waals surface area contributed by atoms with Crippen LogP contribution in [-0.2, 0) is 13.1 Å². The number of halogens is 1. The van der Waals surface area contributed by atoms with Crippen LogP contribution in [0.2, 0.25) is 5.02 Å². The predicted molar refractivity (Wildman–Crippen MR) is 107 cm³/mol. The maximum absolute atomic E-state index is 6.22. The van der Waals surface area contributed by atoms with E-state index in [1.54, 1.807) is 0 Å². The predicted octanol–water partition coefficient (Wildman–Crippen LogP) is 4.57. The van der Waals surface area contributed by atoms with E-state index in [-0.39, 0.29) is 0 Å². The third kappa shape index (κ3) is 3.05. The second-order valence-corrected chi connectivity index (χ2v) is 8.37. The minimum atomic E-state index is 0.399. The largest absolute Gasteiger partial charge is 0.445 e. The van der Waals surface area contributed by atoms with Crippen LogP contribution in [0.4, 0.5) is 0 Å². The smallest absolute Gasteiger partial charge is 0.197 e. The molecule has 3 heterocycles. The molecule has 1 aliphatic carbocycles. The Bertz CT molecular complexity index is 996. The lowest BCUT2D eigenvalue weighted by Crippen LogP contribution is -2.17. The van der Waals surface area contributed by atoms with Crippen LogP contribution in [0.3, 0.4) is 0 Å². The van der Waals surface area contributed by atoms with Gasteiger partial charge in [-0.15, -0.1) is 10.2 Å². The molecule has 7 heteroatoms. The first kappa shape index (κ1) is 17.9. The van der Waals surface area contributed by atoms with Gasteiger partial charge < -0.3 is 9.73 Å². The number of rotatable bonds is 2. The summed E-state index contributed by atoms with van der Waals surface area (Å²) in [5.41, 5.74) is 3.33. The minimum absolute atomic E-state index is 0.399. The quantitative estimate of drug-likeness (QED) is 0.685. The first-order valence-corrected chi connectivity index (χ1v) is 10.4. The van der Waals surface area contributed by atoms with E-state index in [4.69, 9.17) is 16.0 Å². The first-order chi connectivity index (χ1) is 13.6. The topological polar surface area (TPSA) is 68.8 Å². The van der Waals surface area contributed by atoms with Crippen molar-refractivity contribution >= 4 is 11.6 Å². The number of oxazole rings is 1. The number of aryl methyl sites for hydroxylation is 2. The van der Waals surface area contributed by atoms with Crippen molar-refractivity contribution in [2.75, 3.05) is 0 Å². The number of nitrogens with one attached hydrogen (secondary N) is 1. The van der Waals surface area contributed by atoms with E-state index >= 15 is 0 Å². The molecule has 1 fully saturated rings. The second kappa shape index (κ2) is 7.01. The van der Waals surface area contributed by atoms with Gasteiger partial charge in [-0.25, -0.2) is 4.98 Å². The Morgan fingerprint density at radius 1 is 1.07 bits per heavy atom. The molecule has 1 aromatic carbocycles. The van der Waals surface area contributed by atoms with Crippen LogP contribution in [0.1, 0.15) is 72.1 Å². The Balaban J connectivity index is 1.42. The van der Waals surface area contributed by atoms with Gasteiger partial charge in [-0.2, -0.15) is 0 Å². The van der Waals surface area contributed by atoms with Gasteiger partial charge in [0, 0.05) is 23.4 Å². The normalized spacial score (nSPS) is 21.8. The summed E-state index contributed by atoms with van der Waals surface area (Å²) < 4.78 is 8.13. The molecule has 5 rings (SSSR count). The van der Waals surface area contributed by atoms with Crippen LogP contribution in [0.25, 0.3) is 5.69 Å². The highest BCUT2D eigenvalue weighted by atomic mass is 35.5. The molecule has 1 saturated carbocycles. The fraction of sp³-hybridized carbons (Fsp3) is 0.476. The average Bonchev–Trinajstić information content (AvgIpc) is 3.20. The molecular formula is C21H24ClN5O. The fourth-order valence-corrected chi connectivity index (χ4v) is 4.66. The molecule has 0 bridgehead atoms. The number of fused-ring (bicyclic) bond motifs is 3. The summed E-state index contributed by atoms with van der Waals surface area (Å²) in [5, 5.41) is 13.3. The van der Waals surface area contributed by atoms with Crippen molar-refractivity contribution in [3.63, 3.8) is 0 Å². The summed E-state index contributed by atoms with van der Waals surface area (Å²) in [7, 11) is 0. The van der Waals surface area contributed by atoms with Crippen LogP contribution >= 0.6 is 11.6 Å². The van der Waals surface area contributed by atoms with Gasteiger partial charge in [0.05, 0.1) is 17.9 Å². The molecule has 0 atom stereocenters. The molecule has 0 saturated heterocycles. The summed E-state index contributed by atoms with van der Waals surface area (Å²) in [6.07, 6.45) is 4.27. The van der Waals surface area contributed by atoms with E-state index in [1.165, 1.54) is 5.56 Å². The molecule has 28 heavy (non-hydrogen) atoms. The Morgan fingerprint density at radius 2 is 1.86 bits per heavy atom. The van der Waals surface area contributed by atoms with Gasteiger partial charge in [0.15, 0.2) is 11.7 Å². The molecule has 0 radical (unpaired) electrons. The van der Waals surface area contributed by atoms with Crippen LogP contribution in [0, 0.1) is 13.8 Å². The number of hydrogen-bond donors (Lipinski definition) is 1. The van der Waals surface area contributed by atoms with Crippen LogP contribution in [-0.4, -0.2) is 19.7 Å². The molecule has 2 aromatic heterocycles. The SMILES string of the molecule is Cc1nc(C2CCC(c3nnc4n3-c3ccc(Cl)cc3CNC4)CC2)oc1C. The maximum atomic E-state index is 6.22. The zero-order valence-electron chi connectivity index (χ0n) is 16.2. The van der Waals surface area contributed by atoms with Crippen molar-refractivity contribution in [2.45, 2.75) is 64.5 Å². The van der Waals surface area contributed by atoms with Crippen molar-refractivity contribution in [1.82, 2.24) is 25.1 Å². The standard InChI is InChI=1S/C21H24ClN5O/c1-12-13(2)28-21(24-12)15-5-3-14(4-6-15)20-26-25-19-11-23-10-16-9-17(22)7-8-18(16)27(19)20/h7-9,14-15,23H,3-6,10-11H2,1-2H3. The van der Waals surface area contributed by atoms with Crippen LogP contribution < -0.4 is 5.32 Å². The summed E-state index contributed by atoms with van der Waals surface area (Å²) in [6.45, 7) is 5.50. The molecule has 6 nitrogen and oxygen atoms in total. The van der Waals surface area contributed by atoms with E-state index in [1.807, 2.05) is 26.0 Å². The zero-order valence-corrected chi connectivity index (χ0v) is 17.0. The van der Waals surface area contributed by atoms with Crippen LogP contribution in [0.5, 0.6) is 0 Å². The summed E-state index contributed by atoms with van der Waals surface area (Å²) in [4.78, 5) is 4.62. The Labute approximate surface area is 169 Å². The number of hydrogen-bond acceptors (Lipinski definition) is 5. The zero-order chi connectivity index (χ0) is 19.3. The van der Waals surface area contributed by atoms with E-state index in [0.29, 0.717) is 18.4 Å². The highest BCUT2D eigenvalue weighted by Gasteiger charge is 2.31. The number of nitrogens with zero attached hydrogens (tertiary/aromatic N) is 4. The van der Waals surface area contributed by atoms with Gasteiger partial charge in [-0.05, 0) is 63.3 Å². The molecule has 0 spiro atoms. The van der Waals surface area contributed by atoms with Gasteiger partial charge in [0.2, 0.25) is 0 Å². The van der Waals surface area contributed by atoms with Gasteiger partial charge in [0.1, 0.15) is 11.6 Å². The van der Waals surface area contributed by atoms with Crippen molar-refractivity contribution in [3.8, 4) is 5.69 Å². The fourth-order valence-electron chi connectivity index (χ4n) is 4.47. The van der Waals surface area contributed by atoms with E-state index in [2.05, 4.69) is 31.1 Å². The van der Waals surface area contributed by atoms with E-state index in [9.17, 15) is 0 Å².